The van der Waals surface area contributed by atoms with E-state index >= 15 is 0 Å². The van der Waals surface area contributed by atoms with Crippen LogP contribution in [0.3, 0.4) is 0 Å². The van der Waals surface area contributed by atoms with Crippen LogP contribution in [0.2, 0.25) is 0 Å². The van der Waals surface area contributed by atoms with E-state index in [1.165, 1.54) is 0 Å². The maximum Gasteiger partial charge on any atom is 0.223 e. The fraction of sp³-hybridized carbons (Fsp3) is 0.500. The first-order valence-corrected chi connectivity index (χ1v) is 6.41. The van der Waals surface area contributed by atoms with Gasteiger partial charge in [-0.05, 0) is 30.4 Å². The van der Waals surface area contributed by atoms with Crippen LogP contribution in [-0.2, 0) is 17.9 Å². The van der Waals surface area contributed by atoms with Gasteiger partial charge in [0.25, 0.3) is 0 Å². The van der Waals surface area contributed by atoms with E-state index in [2.05, 4.69) is 5.32 Å². The van der Waals surface area contributed by atoms with Crippen molar-refractivity contribution in [1.29, 1.82) is 0 Å². The van der Waals surface area contributed by atoms with Gasteiger partial charge in [-0.1, -0.05) is 24.3 Å². The van der Waals surface area contributed by atoms with Crippen LogP contribution < -0.4 is 11.1 Å². The standard InChI is InChI=1S/C14H20N2O2/c15-13-6-5-10(7-13)14(18)16-8-11-3-1-2-4-12(11)9-17/h1-4,10,13,17H,5-9,15H2,(H,16,18)/t10-,13-/m1/s1. The number of amides is 1. The summed E-state index contributed by atoms with van der Waals surface area (Å²) in [5.41, 5.74) is 7.63. The number of rotatable bonds is 4. The number of carbonyl (C=O) groups excluding carboxylic acids is 1. The van der Waals surface area contributed by atoms with E-state index in [1.54, 1.807) is 0 Å². The van der Waals surface area contributed by atoms with Gasteiger partial charge in [-0.2, -0.15) is 0 Å². The van der Waals surface area contributed by atoms with Gasteiger partial charge in [0.15, 0.2) is 0 Å². The van der Waals surface area contributed by atoms with Gasteiger partial charge in [-0.15, -0.1) is 0 Å². The first-order chi connectivity index (χ1) is 8.70. The molecule has 1 amide bonds. The third kappa shape index (κ3) is 3.09. The van der Waals surface area contributed by atoms with Gasteiger partial charge >= 0.3 is 0 Å². The van der Waals surface area contributed by atoms with Crippen LogP contribution in [0.5, 0.6) is 0 Å². The van der Waals surface area contributed by atoms with Crippen molar-refractivity contribution in [3.63, 3.8) is 0 Å². The average Bonchev–Trinajstić information content (AvgIpc) is 2.83. The molecular formula is C14H20N2O2. The predicted molar refractivity (Wildman–Crippen MR) is 69.5 cm³/mol. The molecule has 0 heterocycles. The number of aliphatic hydroxyl groups excluding tert-OH is 1. The Morgan fingerprint density at radius 3 is 2.67 bits per heavy atom. The number of aliphatic hydroxyl groups is 1. The molecule has 98 valence electrons. The van der Waals surface area contributed by atoms with E-state index in [4.69, 9.17) is 5.73 Å². The molecule has 18 heavy (non-hydrogen) atoms. The molecule has 1 aliphatic rings. The highest BCUT2D eigenvalue weighted by atomic mass is 16.3. The molecule has 0 aromatic heterocycles. The van der Waals surface area contributed by atoms with Crippen molar-refractivity contribution in [3.05, 3.63) is 35.4 Å². The lowest BCUT2D eigenvalue weighted by atomic mass is 10.1. The van der Waals surface area contributed by atoms with E-state index in [0.717, 1.165) is 30.4 Å². The topological polar surface area (TPSA) is 75.4 Å². The van der Waals surface area contributed by atoms with Gasteiger partial charge < -0.3 is 16.2 Å². The Morgan fingerprint density at radius 2 is 2.06 bits per heavy atom. The summed E-state index contributed by atoms with van der Waals surface area (Å²) in [5.74, 6) is 0.136. The fourth-order valence-corrected chi connectivity index (χ4v) is 2.47. The Morgan fingerprint density at radius 1 is 1.33 bits per heavy atom. The van der Waals surface area contributed by atoms with Crippen molar-refractivity contribution in [2.75, 3.05) is 0 Å². The molecule has 1 aromatic carbocycles. The Balaban J connectivity index is 1.89. The highest BCUT2D eigenvalue weighted by Gasteiger charge is 2.27. The van der Waals surface area contributed by atoms with Crippen molar-refractivity contribution < 1.29 is 9.90 Å². The highest BCUT2D eigenvalue weighted by Crippen LogP contribution is 2.24. The minimum atomic E-state index is 0.000344. The Kier molecular flexibility index (Phi) is 4.33. The van der Waals surface area contributed by atoms with Crippen LogP contribution in [0.15, 0.2) is 24.3 Å². The number of hydrogen-bond acceptors (Lipinski definition) is 3. The molecule has 4 N–H and O–H groups in total. The Bertz CT molecular complexity index is 420. The molecule has 1 saturated carbocycles. The minimum Gasteiger partial charge on any atom is -0.392 e. The van der Waals surface area contributed by atoms with Crippen LogP contribution >= 0.6 is 0 Å². The molecule has 2 atom stereocenters. The molecule has 4 nitrogen and oxygen atoms in total. The van der Waals surface area contributed by atoms with Gasteiger partial charge in [-0.3, -0.25) is 4.79 Å². The summed E-state index contributed by atoms with van der Waals surface area (Å²) in [4.78, 5) is 11.9. The third-order valence-electron chi connectivity index (χ3n) is 3.59. The molecule has 0 spiro atoms. The van der Waals surface area contributed by atoms with Crippen LogP contribution in [-0.4, -0.2) is 17.1 Å². The summed E-state index contributed by atoms with van der Waals surface area (Å²) >= 11 is 0. The maximum absolute atomic E-state index is 11.9. The quantitative estimate of drug-likeness (QED) is 0.741. The van der Waals surface area contributed by atoms with Crippen LogP contribution in [0, 0.1) is 5.92 Å². The van der Waals surface area contributed by atoms with Gasteiger partial charge in [0, 0.05) is 18.5 Å². The summed E-state index contributed by atoms with van der Waals surface area (Å²) in [6, 6.07) is 7.75. The van der Waals surface area contributed by atoms with E-state index in [9.17, 15) is 9.90 Å². The molecule has 0 radical (unpaired) electrons. The Labute approximate surface area is 107 Å². The maximum atomic E-state index is 11.9. The molecule has 0 unspecified atom stereocenters. The zero-order valence-electron chi connectivity index (χ0n) is 10.4. The lowest BCUT2D eigenvalue weighted by Crippen LogP contribution is -2.30. The number of carbonyl (C=O) groups is 1. The molecular weight excluding hydrogens is 228 g/mol. The fourth-order valence-electron chi connectivity index (χ4n) is 2.47. The second kappa shape index (κ2) is 5.98. The smallest absolute Gasteiger partial charge is 0.223 e. The highest BCUT2D eigenvalue weighted by molar-refractivity contribution is 5.79. The van der Waals surface area contributed by atoms with E-state index < -0.39 is 0 Å². The molecule has 0 bridgehead atoms. The second-order valence-electron chi connectivity index (χ2n) is 4.91. The molecule has 1 aromatic rings. The van der Waals surface area contributed by atoms with E-state index in [0.29, 0.717) is 6.54 Å². The molecule has 1 aliphatic carbocycles. The largest absolute Gasteiger partial charge is 0.392 e. The molecule has 1 fully saturated rings. The van der Waals surface area contributed by atoms with Crippen LogP contribution in [0.25, 0.3) is 0 Å². The van der Waals surface area contributed by atoms with Gasteiger partial charge in [-0.25, -0.2) is 0 Å². The second-order valence-corrected chi connectivity index (χ2v) is 4.91. The van der Waals surface area contributed by atoms with E-state index in [-0.39, 0.29) is 24.5 Å². The summed E-state index contributed by atoms with van der Waals surface area (Å²) in [5, 5.41) is 12.1. The average molecular weight is 248 g/mol. The van der Waals surface area contributed by atoms with Crippen molar-refractivity contribution in [3.8, 4) is 0 Å². The lowest BCUT2D eigenvalue weighted by Gasteiger charge is -2.12. The van der Waals surface area contributed by atoms with E-state index in [1.807, 2.05) is 24.3 Å². The third-order valence-corrected chi connectivity index (χ3v) is 3.59. The molecule has 0 aliphatic heterocycles. The van der Waals surface area contributed by atoms with Crippen molar-refractivity contribution >= 4 is 5.91 Å². The van der Waals surface area contributed by atoms with Crippen molar-refractivity contribution in [2.24, 2.45) is 11.7 Å². The molecule has 0 saturated heterocycles. The van der Waals surface area contributed by atoms with Crippen LogP contribution in [0.1, 0.15) is 30.4 Å². The summed E-state index contributed by atoms with van der Waals surface area (Å²) in [6.07, 6.45) is 2.60. The summed E-state index contributed by atoms with van der Waals surface area (Å²) in [7, 11) is 0. The number of hydrogen-bond donors (Lipinski definition) is 3. The predicted octanol–water partition coefficient (Wildman–Crippen LogP) is 0.922. The van der Waals surface area contributed by atoms with Crippen molar-refractivity contribution in [1.82, 2.24) is 5.32 Å². The zero-order chi connectivity index (χ0) is 13.0. The number of nitrogens with two attached hydrogens (primary N) is 1. The summed E-state index contributed by atoms with van der Waals surface area (Å²) in [6.45, 7) is 0.474. The van der Waals surface area contributed by atoms with Gasteiger partial charge in [0.2, 0.25) is 5.91 Å². The zero-order valence-corrected chi connectivity index (χ0v) is 10.4. The van der Waals surface area contributed by atoms with Gasteiger partial charge in [0.1, 0.15) is 0 Å². The summed E-state index contributed by atoms with van der Waals surface area (Å²) < 4.78 is 0. The number of benzene rings is 1. The Hall–Kier alpha value is -1.39. The molecule has 2 rings (SSSR count). The number of nitrogens with one attached hydrogen (secondary N) is 1. The first kappa shape index (κ1) is 13.1. The minimum absolute atomic E-state index is 0.000344. The SMILES string of the molecule is N[C@@H]1CC[C@@H](C(=O)NCc2ccccc2CO)C1. The lowest BCUT2D eigenvalue weighted by molar-refractivity contribution is -0.125. The van der Waals surface area contributed by atoms with Crippen LogP contribution in [0.4, 0.5) is 0 Å². The monoisotopic (exact) mass is 248 g/mol. The normalized spacial score (nSPS) is 23.0. The van der Waals surface area contributed by atoms with Gasteiger partial charge in [0.05, 0.1) is 6.61 Å². The van der Waals surface area contributed by atoms with Crippen molar-refractivity contribution in [2.45, 2.75) is 38.5 Å². The first-order valence-electron chi connectivity index (χ1n) is 6.41. The molecule has 4 heteroatoms.